The smallest absolute Gasteiger partial charge is 0.307 e. The van der Waals surface area contributed by atoms with E-state index in [0.717, 1.165) is 15.6 Å². The number of ether oxygens (including phenoxy) is 3. The van der Waals surface area contributed by atoms with Crippen LogP contribution in [0.2, 0.25) is 0 Å². The minimum Gasteiger partial charge on any atom is -0.493 e. The average Bonchev–Trinajstić information content (AvgIpc) is 2.70. The van der Waals surface area contributed by atoms with Crippen molar-refractivity contribution in [2.24, 2.45) is 0 Å². The van der Waals surface area contributed by atoms with E-state index in [1.165, 1.54) is 18.7 Å². The predicted octanol–water partition coefficient (Wildman–Crippen LogP) is 4.04. The van der Waals surface area contributed by atoms with Gasteiger partial charge in [-0.2, -0.15) is 0 Å². The topological polar surface area (TPSA) is 73.9 Å². The molecule has 154 valence electrons. The first-order valence-corrected chi connectivity index (χ1v) is 9.81. The van der Waals surface area contributed by atoms with Gasteiger partial charge in [0.15, 0.2) is 11.5 Å². The van der Waals surface area contributed by atoms with E-state index in [9.17, 15) is 9.59 Å². The lowest BCUT2D eigenvalue weighted by Crippen LogP contribution is -2.24. The predicted molar refractivity (Wildman–Crippen MR) is 115 cm³/mol. The summed E-state index contributed by atoms with van der Waals surface area (Å²) in [5.41, 5.74) is 2.99. The highest BCUT2D eigenvalue weighted by atomic mass is 79.9. The molecule has 0 heterocycles. The zero-order valence-electron chi connectivity index (χ0n) is 16.7. The first-order valence-electron chi connectivity index (χ1n) is 9.01. The number of hydrogen-bond acceptors (Lipinski definition) is 5. The molecule has 0 unspecified atom stereocenters. The van der Waals surface area contributed by atoms with Gasteiger partial charge >= 0.3 is 5.97 Å². The number of esters is 1. The Kier molecular flexibility index (Phi) is 8.73. The van der Waals surface area contributed by atoms with Gasteiger partial charge in [0.05, 0.1) is 25.1 Å². The van der Waals surface area contributed by atoms with Crippen molar-refractivity contribution in [1.82, 2.24) is 5.32 Å². The third-order valence-corrected chi connectivity index (χ3v) is 4.59. The second-order valence-corrected chi connectivity index (χ2v) is 7.12. The molecule has 0 saturated heterocycles. The van der Waals surface area contributed by atoms with Gasteiger partial charge in [-0.25, -0.2) is 0 Å². The number of carbonyl (C=O) groups excluding carboxylic acids is 2. The summed E-state index contributed by atoms with van der Waals surface area (Å²) in [5, 5.41) is 2.62. The quantitative estimate of drug-likeness (QED) is 0.450. The van der Waals surface area contributed by atoms with Crippen LogP contribution in [0.5, 0.6) is 11.5 Å². The maximum Gasteiger partial charge on any atom is 0.307 e. The summed E-state index contributed by atoms with van der Waals surface area (Å²) >= 11 is 3.51. The van der Waals surface area contributed by atoms with E-state index < -0.39 is 0 Å². The lowest BCUT2D eigenvalue weighted by atomic mass is 10.1. The Morgan fingerprint density at radius 2 is 1.97 bits per heavy atom. The van der Waals surface area contributed by atoms with Gasteiger partial charge in [0.1, 0.15) is 6.61 Å². The molecule has 0 fully saturated rings. The zero-order valence-corrected chi connectivity index (χ0v) is 18.2. The molecule has 0 spiro atoms. The zero-order chi connectivity index (χ0) is 21.2. The number of hydrogen-bond donors (Lipinski definition) is 1. The van der Waals surface area contributed by atoms with E-state index in [0.29, 0.717) is 18.1 Å². The van der Waals surface area contributed by atoms with Crippen molar-refractivity contribution < 1.29 is 23.8 Å². The molecule has 6 nitrogen and oxygen atoms in total. The number of aryl methyl sites for hydroxylation is 1. The third kappa shape index (κ3) is 7.27. The van der Waals surface area contributed by atoms with Gasteiger partial charge in [-0.3, -0.25) is 9.59 Å². The van der Waals surface area contributed by atoms with Gasteiger partial charge in [-0.15, -0.1) is 0 Å². The Morgan fingerprint density at radius 1 is 1.17 bits per heavy atom. The van der Waals surface area contributed by atoms with Crippen LogP contribution in [0.3, 0.4) is 0 Å². The molecule has 1 amide bonds. The van der Waals surface area contributed by atoms with Crippen LogP contribution in [0, 0.1) is 6.92 Å². The summed E-state index contributed by atoms with van der Waals surface area (Å²) in [7, 11) is 2.87. The van der Waals surface area contributed by atoms with Crippen molar-refractivity contribution in [3.05, 3.63) is 63.6 Å². The highest BCUT2D eigenvalue weighted by Crippen LogP contribution is 2.37. The minimum atomic E-state index is -0.371. The molecule has 0 radical (unpaired) electrons. The molecule has 2 aromatic carbocycles. The van der Waals surface area contributed by atoms with Gasteiger partial charge in [0.2, 0.25) is 5.91 Å². The van der Waals surface area contributed by atoms with Crippen LogP contribution in [0.25, 0.3) is 6.08 Å². The van der Waals surface area contributed by atoms with Gasteiger partial charge in [0.25, 0.3) is 0 Å². The summed E-state index contributed by atoms with van der Waals surface area (Å²) in [5.74, 6) is 0.472. The van der Waals surface area contributed by atoms with Crippen LogP contribution < -0.4 is 14.8 Å². The fraction of sp³-hybridized carbons (Fsp3) is 0.273. The van der Waals surface area contributed by atoms with Gasteiger partial charge in [-0.1, -0.05) is 29.8 Å². The fourth-order valence-electron chi connectivity index (χ4n) is 2.55. The SMILES string of the molecule is COC(=O)CCNC(=O)/C=C/c1cc(Br)c(OCc2cccc(C)c2)c(OC)c1. The Balaban J connectivity index is 2.03. The Hall–Kier alpha value is -2.80. The molecule has 0 bridgehead atoms. The number of amides is 1. The van der Waals surface area contributed by atoms with Crippen molar-refractivity contribution in [3.63, 3.8) is 0 Å². The van der Waals surface area contributed by atoms with Crippen molar-refractivity contribution in [1.29, 1.82) is 0 Å². The molecule has 0 aromatic heterocycles. The number of halogens is 1. The summed E-state index contributed by atoms with van der Waals surface area (Å²) in [4.78, 5) is 22.9. The molecular weight excluding hydrogens is 438 g/mol. The molecule has 7 heteroatoms. The standard InChI is InChI=1S/C22H24BrNO5/c1-15-5-4-6-17(11-15)14-29-22-18(23)12-16(13-19(22)27-2)7-8-20(25)24-10-9-21(26)28-3/h4-8,11-13H,9-10,14H2,1-3H3,(H,24,25)/b8-7+. The Morgan fingerprint density at radius 3 is 2.66 bits per heavy atom. The molecular formula is C22H24BrNO5. The summed E-state index contributed by atoms with van der Waals surface area (Å²) in [6.45, 7) is 2.66. The van der Waals surface area contributed by atoms with Gasteiger partial charge in [-0.05, 0) is 52.2 Å². The summed E-state index contributed by atoms with van der Waals surface area (Å²) < 4.78 is 16.6. The van der Waals surface area contributed by atoms with Gasteiger partial charge < -0.3 is 19.5 Å². The average molecular weight is 462 g/mol. The van der Waals surface area contributed by atoms with Crippen LogP contribution >= 0.6 is 15.9 Å². The molecule has 0 aliphatic carbocycles. The van der Waals surface area contributed by atoms with Crippen molar-refractivity contribution >= 4 is 33.9 Å². The van der Waals surface area contributed by atoms with Crippen LogP contribution in [0.1, 0.15) is 23.1 Å². The molecule has 0 atom stereocenters. The molecule has 29 heavy (non-hydrogen) atoms. The van der Waals surface area contributed by atoms with Crippen LogP contribution in [0.15, 0.2) is 46.9 Å². The Labute approximate surface area is 179 Å². The molecule has 1 N–H and O–H groups in total. The van der Waals surface area contributed by atoms with E-state index in [4.69, 9.17) is 9.47 Å². The van der Waals surface area contributed by atoms with E-state index >= 15 is 0 Å². The highest BCUT2D eigenvalue weighted by Gasteiger charge is 2.11. The Bertz CT molecular complexity index is 895. The van der Waals surface area contributed by atoms with Crippen LogP contribution in [0.4, 0.5) is 0 Å². The number of methoxy groups -OCH3 is 2. The highest BCUT2D eigenvalue weighted by molar-refractivity contribution is 9.10. The van der Waals surface area contributed by atoms with E-state index in [2.05, 4.69) is 32.0 Å². The molecule has 0 aliphatic rings. The van der Waals surface area contributed by atoms with Crippen LogP contribution in [-0.2, 0) is 20.9 Å². The number of benzene rings is 2. The van der Waals surface area contributed by atoms with E-state index in [1.54, 1.807) is 19.3 Å². The van der Waals surface area contributed by atoms with Crippen molar-refractivity contribution in [2.45, 2.75) is 20.0 Å². The first kappa shape index (κ1) is 22.5. The maximum absolute atomic E-state index is 11.9. The lowest BCUT2D eigenvalue weighted by Gasteiger charge is -2.14. The number of carbonyl (C=O) groups is 2. The fourth-order valence-corrected chi connectivity index (χ4v) is 3.13. The maximum atomic E-state index is 11.9. The summed E-state index contributed by atoms with van der Waals surface area (Å²) in [6, 6.07) is 11.7. The number of nitrogens with one attached hydrogen (secondary N) is 1. The second kappa shape index (κ2) is 11.3. The largest absolute Gasteiger partial charge is 0.493 e. The summed E-state index contributed by atoms with van der Waals surface area (Å²) in [6.07, 6.45) is 3.18. The van der Waals surface area contributed by atoms with E-state index in [1.807, 2.05) is 31.2 Å². The normalized spacial score (nSPS) is 10.6. The third-order valence-electron chi connectivity index (χ3n) is 4.00. The van der Waals surface area contributed by atoms with Crippen molar-refractivity contribution in [2.75, 3.05) is 20.8 Å². The van der Waals surface area contributed by atoms with Gasteiger partial charge in [0, 0.05) is 12.6 Å². The molecule has 2 rings (SSSR count). The molecule has 0 aliphatic heterocycles. The second-order valence-electron chi connectivity index (χ2n) is 6.26. The van der Waals surface area contributed by atoms with Crippen LogP contribution in [-0.4, -0.2) is 32.6 Å². The van der Waals surface area contributed by atoms with Crippen molar-refractivity contribution in [3.8, 4) is 11.5 Å². The number of rotatable bonds is 9. The first-order chi connectivity index (χ1) is 13.9. The lowest BCUT2D eigenvalue weighted by molar-refractivity contribution is -0.140. The van der Waals surface area contributed by atoms with E-state index in [-0.39, 0.29) is 24.8 Å². The minimum absolute atomic E-state index is 0.127. The molecule has 2 aromatic rings. The monoisotopic (exact) mass is 461 g/mol. The molecule has 0 saturated carbocycles.